The predicted octanol–water partition coefficient (Wildman–Crippen LogP) is 1.10. The summed E-state index contributed by atoms with van der Waals surface area (Å²) in [5.41, 5.74) is 5.01. The molecular formula is C10H18N2O2. The van der Waals surface area contributed by atoms with Crippen molar-refractivity contribution in [1.82, 2.24) is 4.90 Å². The average Bonchev–Trinajstić information content (AvgIpc) is 1.99. The Balaban J connectivity index is 1.80. The zero-order valence-corrected chi connectivity index (χ0v) is 8.45. The van der Waals surface area contributed by atoms with Gasteiger partial charge in [-0.15, -0.1) is 0 Å². The standard InChI is InChI=1S/C10H18N2O2/c11-10(13)14-9-5-2-6-12(7-9)8-3-1-4-8/h8-9H,1-7H2,(H2,11,13). The molecule has 1 saturated carbocycles. The summed E-state index contributed by atoms with van der Waals surface area (Å²) in [4.78, 5) is 13.1. The summed E-state index contributed by atoms with van der Waals surface area (Å²) in [5, 5.41) is 0. The van der Waals surface area contributed by atoms with Crippen molar-refractivity contribution >= 4 is 6.09 Å². The van der Waals surface area contributed by atoms with Crippen LogP contribution in [0.4, 0.5) is 4.79 Å². The SMILES string of the molecule is NC(=O)OC1CCCN(C2CCC2)C1. The van der Waals surface area contributed by atoms with Gasteiger partial charge >= 0.3 is 6.09 Å². The van der Waals surface area contributed by atoms with Crippen LogP contribution in [-0.4, -0.2) is 36.2 Å². The van der Waals surface area contributed by atoms with E-state index in [1.165, 1.54) is 19.3 Å². The molecule has 0 aromatic carbocycles. The van der Waals surface area contributed by atoms with Gasteiger partial charge in [-0.1, -0.05) is 6.42 Å². The van der Waals surface area contributed by atoms with Gasteiger partial charge in [0.25, 0.3) is 0 Å². The molecule has 1 amide bonds. The minimum atomic E-state index is -0.634. The highest BCUT2D eigenvalue weighted by molar-refractivity contribution is 5.64. The van der Waals surface area contributed by atoms with Crippen LogP contribution in [0, 0.1) is 0 Å². The maximum atomic E-state index is 10.6. The predicted molar refractivity (Wildman–Crippen MR) is 52.9 cm³/mol. The number of amides is 1. The van der Waals surface area contributed by atoms with Crippen molar-refractivity contribution in [2.75, 3.05) is 13.1 Å². The molecule has 0 radical (unpaired) electrons. The van der Waals surface area contributed by atoms with E-state index >= 15 is 0 Å². The highest BCUT2D eigenvalue weighted by Gasteiger charge is 2.30. The summed E-state index contributed by atoms with van der Waals surface area (Å²) >= 11 is 0. The number of primary amides is 1. The third kappa shape index (κ3) is 2.18. The molecule has 4 nitrogen and oxygen atoms in total. The summed E-state index contributed by atoms with van der Waals surface area (Å²) in [5.74, 6) is 0. The van der Waals surface area contributed by atoms with Crippen LogP contribution >= 0.6 is 0 Å². The van der Waals surface area contributed by atoms with Crippen LogP contribution in [0.1, 0.15) is 32.1 Å². The summed E-state index contributed by atoms with van der Waals surface area (Å²) < 4.78 is 5.04. The third-order valence-electron chi connectivity index (χ3n) is 3.28. The zero-order valence-electron chi connectivity index (χ0n) is 8.45. The number of rotatable bonds is 2. The smallest absolute Gasteiger partial charge is 0.404 e. The summed E-state index contributed by atoms with van der Waals surface area (Å²) in [6.07, 6.45) is 5.45. The highest BCUT2D eigenvalue weighted by atomic mass is 16.6. The largest absolute Gasteiger partial charge is 0.445 e. The second-order valence-corrected chi connectivity index (χ2v) is 4.28. The van der Waals surface area contributed by atoms with Gasteiger partial charge in [-0.3, -0.25) is 4.90 Å². The molecule has 0 bridgehead atoms. The van der Waals surface area contributed by atoms with E-state index in [1.807, 2.05) is 0 Å². The Hall–Kier alpha value is -0.770. The molecule has 80 valence electrons. The maximum absolute atomic E-state index is 10.6. The van der Waals surface area contributed by atoms with Gasteiger partial charge in [0.1, 0.15) is 6.10 Å². The molecule has 4 heteroatoms. The maximum Gasteiger partial charge on any atom is 0.404 e. The van der Waals surface area contributed by atoms with Crippen LogP contribution in [0.3, 0.4) is 0 Å². The Morgan fingerprint density at radius 3 is 2.64 bits per heavy atom. The van der Waals surface area contributed by atoms with Crippen molar-refractivity contribution in [1.29, 1.82) is 0 Å². The molecule has 14 heavy (non-hydrogen) atoms. The molecule has 0 spiro atoms. The van der Waals surface area contributed by atoms with Crippen molar-refractivity contribution < 1.29 is 9.53 Å². The topological polar surface area (TPSA) is 55.6 Å². The normalized spacial score (nSPS) is 29.6. The van der Waals surface area contributed by atoms with Gasteiger partial charge in [0.2, 0.25) is 0 Å². The first-order valence-corrected chi connectivity index (χ1v) is 5.46. The number of hydrogen-bond donors (Lipinski definition) is 1. The molecule has 2 N–H and O–H groups in total. The van der Waals surface area contributed by atoms with Gasteiger partial charge in [-0.2, -0.15) is 0 Å². The molecule has 1 atom stereocenters. The fourth-order valence-electron chi connectivity index (χ4n) is 2.31. The minimum absolute atomic E-state index is 0.0295. The second-order valence-electron chi connectivity index (χ2n) is 4.28. The lowest BCUT2D eigenvalue weighted by Gasteiger charge is -2.41. The van der Waals surface area contributed by atoms with Gasteiger partial charge in [-0.05, 0) is 32.2 Å². The molecule has 2 aliphatic rings. The Morgan fingerprint density at radius 2 is 2.07 bits per heavy atom. The molecule has 0 aromatic heterocycles. The monoisotopic (exact) mass is 198 g/mol. The molecule has 2 fully saturated rings. The fourth-order valence-corrected chi connectivity index (χ4v) is 2.31. The Kier molecular flexibility index (Phi) is 2.91. The van der Waals surface area contributed by atoms with Gasteiger partial charge < -0.3 is 10.5 Å². The van der Waals surface area contributed by atoms with Crippen LogP contribution in [0.15, 0.2) is 0 Å². The van der Waals surface area contributed by atoms with Crippen molar-refractivity contribution in [2.24, 2.45) is 5.73 Å². The lowest BCUT2D eigenvalue weighted by atomic mass is 9.90. The minimum Gasteiger partial charge on any atom is -0.445 e. The van der Waals surface area contributed by atoms with Crippen molar-refractivity contribution in [3.8, 4) is 0 Å². The number of hydrogen-bond acceptors (Lipinski definition) is 3. The van der Waals surface area contributed by atoms with E-state index in [4.69, 9.17) is 10.5 Å². The molecule has 1 aliphatic heterocycles. The Bertz CT molecular complexity index is 216. The zero-order chi connectivity index (χ0) is 9.97. The van der Waals surface area contributed by atoms with E-state index in [1.54, 1.807) is 0 Å². The van der Waals surface area contributed by atoms with Gasteiger partial charge in [-0.25, -0.2) is 4.79 Å². The highest BCUT2D eigenvalue weighted by Crippen LogP contribution is 2.27. The molecule has 1 heterocycles. The van der Waals surface area contributed by atoms with Crippen LogP contribution in [0.25, 0.3) is 0 Å². The molecule has 1 saturated heterocycles. The quantitative estimate of drug-likeness (QED) is 0.722. The van der Waals surface area contributed by atoms with E-state index in [9.17, 15) is 4.79 Å². The lowest BCUT2D eigenvalue weighted by Crippen LogP contribution is -2.48. The molecule has 1 aliphatic carbocycles. The number of carbonyl (C=O) groups excluding carboxylic acids is 1. The van der Waals surface area contributed by atoms with Crippen molar-refractivity contribution in [3.05, 3.63) is 0 Å². The second kappa shape index (κ2) is 4.17. The number of nitrogens with zero attached hydrogens (tertiary/aromatic N) is 1. The Labute approximate surface area is 84.4 Å². The van der Waals surface area contributed by atoms with E-state index < -0.39 is 6.09 Å². The van der Waals surface area contributed by atoms with Crippen molar-refractivity contribution in [2.45, 2.75) is 44.2 Å². The number of likely N-dealkylation sites (tertiary alicyclic amines) is 1. The molecule has 0 aromatic rings. The summed E-state index contributed by atoms with van der Waals surface area (Å²) in [7, 11) is 0. The number of carbonyl (C=O) groups is 1. The number of piperidine rings is 1. The van der Waals surface area contributed by atoms with Crippen LogP contribution in [-0.2, 0) is 4.74 Å². The Morgan fingerprint density at radius 1 is 1.29 bits per heavy atom. The van der Waals surface area contributed by atoms with Gasteiger partial charge in [0, 0.05) is 12.6 Å². The molecule has 2 rings (SSSR count). The molecule has 1 unspecified atom stereocenters. The van der Waals surface area contributed by atoms with Crippen molar-refractivity contribution in [3.63, 3.8) is 0 Å². The van der Waals surface area contributed by atoms with Gasteiger partial charge in [0.05, 0.1) is 0 Å². The third-order valence-corrected chi connectivity index (χ3v) is 3.28. The summed E-state index contributed by atoms with van der Waals surface area (Å²) in [6, 6.07) is 0.745. The van der Waals surface area contributed by atoms with E-state index in [0.29, 0.717) is 0 Å². The summed E-state index contributed by atoms with van der Waals surface area (Å²) in [6.45, 7) is 2.04. The van der Waals surface area contributed by atoms with Crippen LogP contribution in [0.2, 0.25) is 0 Å². The van der Waals surface area contributed by atoms with Crippen LogP contribution < -0.4 is 5.73 Å². The number of nitrogens with two attached hydrogens (primary N) is 1. The first-order chi connectivity index (χ1) is 6.75. The average molecular weight is 198 g/mol. The van der Waals surface area contributed by atoms with E-state index in [-0.39, 0.29) is 6.10 Å². The first-order valence-electron chi connectivity index (χ1n) is 5.46. The van der Waals surface area contributed by atoms with E-state index in [2.05, 4.69) is 4.90 Å². The van der Waals surface area contributed by atoms with E-state index in [0.717, 1.165) is 32.0 Å². The fraction of sp³-hybridized carbons (Fsp3) is 0.900. The molecular weight excluding hydrogens is 180 g/mol. The lowest BCUT2D eigenvalue weighted by molar-refractivity contribution is 0.0132. The first kappa shape index (κ1) is 9.77. The number of ether oxygens (including phenoxy) is 1. The van der Waals surface area contributed by atoms with Gasteiger partial charge in [0.15, 0.2) is 0 Å². The van der Waals surface area contributed by atoms with Crippen LogP contribution in [0.5, 0.6) is 0 Å².